The molecule has 2 aromatic rings. The lowest BCUT2D eigenvalue weighted by Gasteiger charge is -2.36. The Kier molecular flexibility index (Phi) is 4.30. The van der Waals surface area contributed by atoms with Crippen molar-refractivity contribution in [3.8, 4) is 0 Å². The lowest BCUT2D eigenvalue weighted by Crippen LogP contribution is -2.54. The molecule has 2 N–H and O–H groups in total. The number of carbonyl (C=O) groups is 2. The number of rotatable bonds is 3. The van der Waals surface area contributed by atoms with Crippen molar-refractivity contribution >= 4 is 23.2 Å². The minimum absolute atomic E-state index is 0.0482. The maximum Gasteiger partial charge on any atom is 0.248 e. The lowest BCUT2D eigenvalue weighted by molar-refractivity contribution is -0.146. The number of hydrogen-bond donors (Lipinski definition) is 2. The summed E-state index contributed by atoms with van der Waals surface area (Å²) in [5, 5.41) is 12.4. The molecule has 4 rings (SSSR count). The Morgan fingerprint density at radius 2 is 2.28 bits per heavy atom. The van der Waals surface area contributed by atoms with Gasteiger partial charge in [0.1, 0.15) is 6.04 Å². The van der Waals surface area contributed by atoms with Crippen molar-refractivity contribution in [1.82, 2.24) is 25.3 Å². The predicted molar refractivity (Wildman–Crippen MR) is 94.1 cm³/mol. The maximum atomic E-state index is 13.3. The first kappa shape index (κ1) is 16.3. The molecule has 0 spiro atoms. The van der Waals surface area contributed by atoms with Gasteiger partial charge >= 0.3 is 0 Å². The second-order valence-corrected chi connectivity index (χ2v) is 7.54. The van der Waals surface area contributed by atoms with Crippen LogP contribution in [0.2, 0.25) is 0 Å². The van der Waals surface area contributed by atoms with Gasteiger partial charge in [0.25, 0.3) is 0 Å². The van der Waals surface area contributed by atoms with Gasteiger partial charge in [-0.3, -0.25) is 14.3 Å². The third-order valence-corrected chi connectivity index (χ3v) is 5.92. The summed E-state index contributed by atoms with van der Waals surface area (Å²) in [5.41, 5.74) is 1.07. The molecule has 0 aromatic carbocycles. The summed E-state index contributed by atoms with van der Waals surface area (Å²) in [6, 6.07) is 3.32. The third-order valence-electron chi connectivity index (χ3n) is 4.99. The van der Waals surface area contributed by atoms with Crippen LogP contribution in [0.3, 0.4) is 0 Å². The number of thiophene rings is 1. The molecule has 2 saturated heterocycles. The molecule has 3 atom stereocenters. The summed E-state index contributed by atoms with van der Waals surface area (Å²) in [4.78, 5) is 28.4. The topological polar surface area (TPSA) is 79.3 Å². The maximum absolute atomic E-state index is 13.3. The van der Waals surface area contributed by atoms with E-state index < -0.39 is 6.04 Å². The molecule has 2 aromatic heterocycles. The van der Waals surface area contributed by atoms with Gasteiger partial charge in [-0.2, -0.15) is 5.10 Å². The molecule has 1 unspecified atom stereocenters. The van der Waals surface area contributed by atoms with Gasteiger partial charge in [-0.05, 0) is 17.0 Å². The van der Waals surface area contributed by atoms with E-state index in [1.807, 2.05) is 37.0 Å². The van der Waals surface area contributed by atoms with Crippen LogP contribution >= 0.6 is 11.3 Å². The van der Waals surface area contributed by atoms with Gasteiger partial charge < -0.3 is 15.5 Å². The van der Waals surface area contributed by atoms with E-state index in [0.717, 1.165) is 17.0 Å². The fourth-order valence-electron chi connectivity index (χ4n) is 3.77. The van der Waals surface area contributed by atoms with Gasteiger partial charge in [0.05, 0.1) is 12.1 Å². The molecule has 132 valence electrons. The highest BCUT2D eigenvalue weighted by molar-refractivity contribution is 7.10. The molecule has 4 heterocycles. The minimum atomic E-state index is -0.517. The van der Waals surface area contributed by atoms with Crippen LogP contribution in [0.25, 0.3) is 0 Å². The second kappa shape index (κ2) is 6.61. The number of aromatic nitrogens is 2. The lowest BCUT2D eigenvalue weighted by atomic mass is 9.89. The average Bonchev–Trinajstić information content (AvgIpc) is 3.35. The van der Waals surface area contributed by atoms with Crippen molar-refractivity contribution in [2.75, 3.05) is 26.2 Å². The summed E-state index contributed by atoms with van der Waals surface area (Å²) >= 11 is 1.51. The Balaban J connectivity index is 1.61. The SMILES string of the molecule is Cn1cc([C@H]2CNC[C@@H]2C(=O)N2CCNC(=O)C2c2cccs2)cn1. The Hall–Kier alpha value is -2.19. The van der Waals surface area contributed by atoms with Crippen LogP contribution in [0.5, 0.6) is 0 Å². The fraction of sp³-hybridized carbons (Fsp3) is 0.471. The quantitative estimate of drug-likeness (QED) is 0.836. The van der Waals surface area contributed by atoms with Gasteiger partial charge in [-0.25, -0.2) is 0 Å². The van der Waals surface area contributed by atoms with Crippen LogP contribution < -0.4 is 10.6 Å². The van der Waals surface area contributed by atoms with E-state index >= 15 is 0 Å². The zero-order valence-corrected chi connectivity index (χ0v) is 14.8. The number of nitrogens with one attached hydrogen (secondary N) is 2. The highest BCUT2D eigenvalue weighted by Gasteiger charge is 2.42. The Morgan fingerprint density at radius 1 is 1.40 bits per heavy atom. The molecule has 8 heteroatoms. The van der Waals surface area contributed by atoms with E-state index in [-0.39, 0.29) is 23.7 Å². The minimum Gasteiger partial charge on any atom is -0.352 e. The Bertz CT molecular complexity index is 772. The first-order chi connectivity index (χ1) is 12.1. The van der Waals surface area contributed by atoms with Crippen LogP contribution in [0.15, 0.2) is 29.9 Å². The number of amides is 2. The molecule has 0 bridgehead atoms. The molecule has 0 saturated carbocycles. The van der Waals surface area contributed by atoms with Crippen LogP contribution in [0, 0.1) is 5.92 Å². The first-order valence-corrected chi connectivity index (χ1v) is 9.34. The zero-order chi connectivity index (χ0) is 17.4. The van der Waals surface area contributed by atoms with Gasteiger partial charge in [0.2, 0.25) is 11.8 Å². The molecule has 0 radical (unpaired) electrons. The molecule has 25 heavy (non-hydrogen) atoms. The van der Waals surface area contributed by atoms with Crippen molar-refractivity contribution in [1.29, 1.82) is 0 Å². The van der Waals surface area contributed by atoms with Gasteiger partial charge in [-0.15, -0.1) is 11.3 Å². The van der Waals surface area contributed by atoms with E-state index in [1.54, 1.807) is 9.58 Å². The van der Waals surface area contributed by atoms with Crippen LogP contribution in [0.4, 0.5) is 0 Å². The van der Waals surface area contributed by atoms with Crippen LogP contribution in [0.1, 0.15) is 22.4 Å². The largest absolute Gasteiger partial charge is 0.352 e. The predicted octanol–water partition coefficient (Wildman–Crippen LogP) is 0.484. The van der Waals surface area contributed by atoms with Crippen LogP contribution in [-0.2, 0) is 16.6 Å². The van der Waals surface area contributed by atoms with Crippen molar-refractivity contribution in [2.24, 2.45) is 13.0 Å². The van der Waals surface area contributed by atoms with E-state index in [0.29, 0.717) is 19.6 Å². The third kappa shape index (κ3) is 2.96. The van der Waals surface area contributed by atoms with Crippen molar-refractivity contribution < 1.29 is 9.59 Å². The summed E-state index contributed by atoms with van der Waals surface area (Å²) in [6.07, 6.45) is 3.80. The molecule has 7 nitrogen and oxygen atoms in total. The Morgan fingerprint density at radius 3 is 3.00 bits per heavy atom. The summed E-state index contributed by atoms with van der Waals surface area (Å²) in [5.74, 6) is -0.120. The number of aryl methyl sites for hydroxylation is 1. The van der Waals surface area contributed by atoms with Gasteiger partial charge in [0, 0.05) is 50.2 Å². The molecule has 2 aliphatic heterocycles. The van der Waals surface area contributed by atoms with Crippen molar-refractivity contribution in [3.63, 3.8) is 0 Å². The van der Waals surface area contributed by atoms with Crippen molar-refractivity contribution in [2.45, 2.75) is 12.0 Å². The Labute approximate surface area is 150 Å². The zero-order valence-electron chi connectivity index (χ0n) is 14.0. The molecular weight excluding hydrogens is 338 g/mol. The smallest absolute Gasteiger partial charge is 0.248 e. The van der Waals surface area contributed by atoms with Gasteiger partial charge in [0.15, 0.2) is 0 Å². The van der Waals surface area contributed by atoms with Gasteiger partial charge in [-0.1, -0.05) is 6.07 Å². The molecule has 2 aliphatic rings. The second-order valence-electron chi connectivity index (χ2n) is 6.56. The van der Waals surface area contributed by atoms with E-state index in [4.69, 9.17) is 0 Å². The van der Waals surface area contributed by atoms with E-state index in [1.165, 1.54) is 11.3 Å². The van der Waals surface area contributed by atoms with Crippen LogP contribution in [-0.4, -0.2) is 52.7 Å². The summed E-state index contributed by atoms with van der Waals surface area (Å²) in [6.45, 7) is 2.44. The summed E-state index contributed by atoms with van der Waals surface area (Å²) < 4.78 is 1.76. The fourth-order valence-corrected chi connectivity index (χ4v) is 4.60. The summed E-state index contributed by atoms with van der Waals surface area (Å²) in [7, 11) is 1.88. The molecule has 2 fully saturated rings. The number of nitrogens with zero attached hydrogens (tertiary/aromatic N) is 3. The normalized spacial score (nSPS) is 26.7. The van der Waals surface area contributed by atoms with Crippen molar-refractivity contribution in [3.05, 3.63) is 40.3 Å². The monoisotopic (exact) mass is 359 g/mol. The number of carbonyl (C=O) groups excluding carboxylic acids is 2. The molecule has 0 aliphatic carbocycles. The van der Waals surface area contributed by atoms with E-state index in [9.17, 15) is 9.59 Å². The standard InChI is InChI=1S/C17H21N5O2S/c1-21-10-11(7-20-21)12-8-18-9-13(12)17(24)22-5-4-19-16(23)15(22)14-3-2-6-25-14/h2-3,6-7,10,12-13,15,18H,4-5,8-9H2,1H3,(H,19,23)/t12-,13+,15?/m1/s1. The number of piperazine rings is 1. The number of hydrogen-bond acceptors (Lipinski definition) is 5. The average molecular weight is 359 g/mol. The molecular formula is C17H21N5O2S. The first-order valence-electron chi connectivity index (χ1n) is 8.46. The van der Waals surface area contributed by atoms with E-state index in [2.05, 4.69) is 15.7 Å². The molecule has 2 amide bonds. The highest BCUT2D eigenvalue weighted by Crippen LogP contribution is 2.34. The highest BCUT2D eigenvalue weighted by atomic mass is 32.1.